The van der Waals surface area contributed by atoms with Gasteiger partial charge in [-0.2, -0.15) is 4.31 Å². The Labute approximate surface area is 173 Å². The van der Waals surface area contributed by atoms with Crippen molar-refractivity contribution in [1.82, 2.24) is 4.31 Å². The minimum Gasteiger partial charge on any atom is -0.491 e. The molecule has 2 rings (SSSR count). The average Bonchev–Trinajstić information content (AvgIpc) is 2.68. The van der Waals surface area contributed by atoms with E-state index < -0.39 is 10.0 Å². The van der Waals surface area contributed by atoms with Gasteiger partial charge in [-0.3, -0.25) is 4.79 Å². The van der Waals surface area contributed by atoms with Crippen molar-refractivity contribution in [3.63, 3.8) is 0 Å². The number of rotatable bonds is 10. The lowest BCUT2D eigenvalue weighted by Gasteiger charge is -2.21. The van der Waals surface area contributed by atoms with Crippen LogP contribution in [0.4, 0.5) is 5.69 Å². The molecule has 0 aliphatic rings. The van der Waals surface area contributed by atoms with Crippen LogP contribution in [-0.2, 0) is 10.0 Å². The Balaban J connectivity index is 2.09. The molecule has 0 saturated carbocycles. The number of anilines is 1. The van der Waals surface area contributed by atoms with Crippen LogP contribution in [0.1, 0.15) is 50.9 Å². The first-order valence-electron chi connectivity index (χ1n) is 9.96. The maximum Gasteiger partial charge on any atom is 0.255 e. The number of carbonyl (C=O) groups excluding carboxylic acids is 1. The zero-order valence-electron chi connectivity index (χ0n) is 17.5. The maximum absolute atomic E-state index is 12.8. The third kappa shape index (κ3) is 6.30. The average molecular weight is 419 g/mol. The largest absolute Gasteiger partial charge is 0.491 e. The number of ether oxygens (including phenoxy) is 1. The lowest BCUT2D eigenvalue weighted by Crippen LogP contribution is -2.32. The van der Waals surface area contributed by atoms with Crippen LogP contribution in [0.5, 0.6) is 5.75 Å². The zero-order valence-corrected chi connectivity index (χ0v) is 18.3. The molecule has 0 saturated heterocycles. The van der Waals surface area contributed by atoms with Crippen LogP contribution in [-0.4, -0.2) is 37.8 Å². The van der Waals surface area contributed by atoms with Crippen molar-refractivity contribution in [3.05, 3.63) is 54.1 Å². The van der Waals surface area contributed by atoms with Gasteiger partial charge in [0.25, 0.3) is 5.91 Å². The van der Waals surface area contributed by atoms with Gasteiger partial charge >= 0.3 is 0 Å². The molecule has 7 heteroatoms. The van der Waals surface area contributed by atoms with E-state index in [9.17, 15) is 13.2 Å². The molecule has 0 heterocycles. The van der Waals surface area contributed by atoms with Crippen molar-refractivity contribution in [2.45, 2.75) is 51.5 Å². The van der Waals surface area contributed by atoms with Crippen molar-refractivity contribution in [2.75, 3.05) is 18.4 Å². The van der Waals surface area contributed by atoms with Crippen molar-refractivity contribution in [1.29, 1.82) is 0 Å². The fourth-order valence-electron chi connectivity index (χ4n) is 2.87. The van der Waals surface area contributed by atoms with E-state index in [1.54, 1.807) is 36.4 Å². The summed E-state index contributed by atoms with van der Waals surface area (Å²) in [6.45, 7) is 8.77. The molecule has 0 bridgehead atoms. The Morgan fingerprint density at radius 2 is 1.52 bits per heavy atom. The lowest BCUT2D eigenvalue weighted by atomic mass is 10.2. The summed E-state index contributed by atoms with van der Waals surface area (Å²) in [6.07, 6.45) is 1.58. The predicted molar refractivity (Wildman–Crippen MR) is 116 cm³/mol. The van der Waals surface area contributed by atoms with Gasteiger partial charge in [0.1, 0.15) is 5.75 Å². The molecule has 1 amide bonds. The Hall–Kier alpha value is -2.38. The third-order valence-corrected chi connectivity index (χ3v) is 6.10. The van der Waals surface area contributed by atoms with Crippen LogP contribution in [0.3, 0.4) is 0 Å². The molecule has 2 aromatic rings. The van der Waals surface area contributed by atoms with E-state index in [2.05, 4.69) is 5.32 Å². The highest BCUT2D eigenvalue weighted by molar-refractivity contribution is 7.89. The molecule has 0 radical (unpaired) electrons. The van der Waals surface area contributed by atoms with Crippen LogP contribution < -0.4 is 10.1 Å². The fourth-order valence-corrected chi connectivity index (χ4v) is 4.49. The lowest BCUT2D eigenvalue weighted by molar-refractivity contribution is 0.102. The van der Waals surface area contributed by atoms with Crippen molar-refractivity contribution in [2.24, 2.45) is 0 Å². The second-order valence-corrected chi connectivity index (χ2v) is 9.01. The molecule has 0 aromatic heterocycles. The second kappa shape index (κ2) is 10.4. The summed E-state index contributed by atoms with van der Waals surface area (Å²) in [6, 6.07) is 13.2. The van der Waals surface area contributed by atoms with E-state index in [1.807, 2.05) is 27.7 Å². The van der Waals surface area contributed by atoms with E-state index in [-0.39, 0.29) is 16.9 Å². The summed E-state index contributed by atoms with van der Waals surface area (Å²) >= 11 is 0. The molecule has 1 N–H and O–H groups in total. The molecule has 0 aliphatic heterocycles. The standard InChI is InChI=1S/C22H30N2O4S/c1-5-15-24(16-6-2)29(26,27)21-13-9-19(10-14-21)23-22(25)18-7-11-20(12-8-18)28-17(3)4/h7-14,17H,5-6,15-16H2,1-4H3,(H,23,25). The summed E-state index contributed by atoms with van der Waals surface area (Å²) in [5.41, 5.74) is 1.03. The van der Waals surface area contributed by atoms with Gasteiger partial charge in [-0.1, -0.05) is 13.8 Å². The number of hydrogen-bond acceptors (Lipinski definition) is 4. The highest BCUT2D eigenvalue weighted by Crippen LogP contribution is 2.20. The van der Waals surface area contributed by atoms with Gasteiger partial charge in [0.15, 0.2) is 0 Å². The minimum atomic E-state index is -3.53. The predicted octanol–water partition coefficient (Wildman–Crippen LogP) is 4.54. The highest BCUT2D eigenvalue weighted by Gasteiger charge is 2.22. The number of nitrogens with zero attached hydrogens (tertiary/aromatic N) is 1. The van der Waals surface area contributed by atoms with Gasteiger partial charge in [-0.25, -0.2) is 8.42 Å². The molecule has 0 spiro atoms. The summed E-state index contributed by atoms with van der Waals surface area (Å²) in [7, 11) is -3.53. The molecule has 0 fully saturated rings. The third-order valence-electron chi connectivity index (χ3n) is 4.18. The van der Waals surface area contributed by atoms with Crippen LogP contribution in [0.15, 0.2) is 53.4 Å². The molecule has 2 aromatic carbocycles. The SMILES string of the molecule is CCCN(CCC)S(=O)(=O)c1ccc(NC(=O)c2ccc(OC(C)C)cc2)cc1. The first-order chi connectivity index (χ1) is 13.8. The molecule has 6 nitrogen and oxygen atoms in total. The molecule has 0 aliphatic carbocycles. The van der Waals surface area contributed by atoms with Crippen LogP contribution in [0.25, 0.3) is 0 Å². The Kier molecular flexibility index (Phi) is 8.22. The number of hydrogen-bond donors (Lipinski definition) is 1. The van der Waals surface area contributed by atoms with Crippen LogP contribution >= 0.6 is 0 Å². The first kappa shape index (κ1) is 22.9. The number of carbonyl (C=O) groups is 1. The number of amides is 1. The molecule has 0 atom stereocenters. The van der Waals surface area contributed by atoms with Crippen molar-refractivity contribution >= 4 is 21.6 Å². The Morgan fingerprint density at radius 1 is 0.966 bits per heavy atom. The topological polar surface area (TPSA) is 75.7 Å². The minimum absolute atomic E-state index is 0.0649. The molecule has 0 unspecified atom stereocenters. The normalized spacial score (nSPS) is 11.7. The van der Waals surface area contributed by atoms with Gasteiger partial charge < -0.3 is 10.1 Å². The fraction of sp³-hybridized carbons (Fsp3) is 0.409. The van der Waals surface area contributed by atoms with E-state index in [0.29, 0.717) is 30.1 Å². The number of benzene rings is 2. The quantitative estimate of drug-likeness (QED) is 0.615. The summed E-state index contributed by atoms with van der Waals surface area (Å²) in [5.74, 6) is 0.435. The highest BCUT2D eigenvalue weighted by atomic mass is 32.2. The van der Waals surface area contributed by atoms with Gasteiger partial charge in [-0.15, -0.1) is 0 Å². The summed E-state index contributed by atoms with van der Waals surface area (Å²) < 4.78 is 32.7. The van der Waals surface area contributed by atoms with Gasteiger partial charge in [0.05, 0.1) is 11.0 Å². The summed E-state index contributed by atoms with van der Waals surface area (Å²) in [5, 5.41) is 2.79. The first-order valence-corrected chi connectivity index (χ1v) is 11.4. The van der Waals surface area contributed by atoms with Gasteiger partial charge in [0.2, 0.25) is 10.0 Å². The van der Waals surface area contributed by atoms with Gasteiger partial charge in [-0.05, 0) is 75.2 Å². The smallest absolute Gasteiger partial charge is 0.255 e. The van der Waals surface area contributed by atoms with Crippen LogP contribution in [0.2, 0.25) is 0 Å². The van der Waals surface area contributed by atoms with E-state index in [0.717, 1.165) is 12.8 Å². The second-order valence-electron chi connectivity index (χ2n) is 7.07. The number of nitrogens with one attached hydrogen (secondary N) is 1. The van der Waals surface area contributed by atoms with Crippen LogP contribution in [0, 0.1) is 0 Å². The van der Waals surface area contributed by atoms with Gasteiger partial charge in [0, 0.05) is 24.3 Å². The maximum atomic E-state index is 12.8. The molecular weight excluding hydrogens is 388 g/mol. The zero-order chi connectivity index (χ0) is 21.4. The molecular formula is C22H30N2O4S. The molecule has 29 heavy (non-hydrogen) atoms. The monoisotopic (exact) mass is 418 g/mol. The molecule has 158 valence electrons. The Bertz CT molecular complexity index is 885. The Morgan fingerprint density at radius 3 is 2.00 bits per heavy atom. The van der Waals surface area contributed by atoms with E-state index >= 15 is 0 Å². The van der Waals surface area contributed by atoms with Crippen molar-refractivity contribution in [3.8, 4) is 5.75 Å². The van der Waals surface area contributed by atoms with E-state index in [4.69, 9.17) is 4.74 Å². The summed E-state index contributed by atoms with van der Waals surface area (Å²) in [4.78, 5) is 12.7. The van der Waals surface area contributed by atoms with E-state index in [1.165, 1.54) is 16.4 Å². The van der Waals surface area contributed by atoms with Crippen molar-refractivity contribution < 1.29 is 17.9 Å². The number of sulfonamides is 1.